The van der Waals surface area contributed by atoms with Gasteiger partial charge in [-0.25, -0.2) is 0 Å². The lowest BCUT2D eigenvalue weighted by Gasteiger charge is -2.34. The molecule has 0 aliphatic carbocycles. The summed E-state index contributed by atoms with van der Waals surface area (Å²) in [6.07, 6.45) is 17.5. The molecular formula is C43H72O7Si4. The van der Waals surface area contributed by atoms with Crippen molar-refractivity contribution >= 4 is 51.7 Å². The van der Waals surface area contributed by atoms with E-state index >= 15 is 0 Å². The second kappa shape index (κ2) is 25.5. The summed E-state index contributed by atoms with van der Waals surface area (Å²) >= 11 is 0. The maximum Gasteiger partial charge on any atom is 0.371 e. The molecule has 0 heterocycles. The van der Waals surface area contributed by atoms with Crippen molar-refractivity contribution in [2.24, 2.45) is 0 Å². The number of hydrogen-bond acceptors (Lipinski definition) is 7. The van der Waals surface area contributed by atoms with Crippen LogP contribution in [-0.2, 0) is 31.0 Å². The zero-order valence-corrected chi connectivity index (χ0v) is 39.7. The van der Waals surface area contributed by atoms with Crippen molar-refractivity contribution in [1.82, 2.24) is 0 Å². The number of hydrogen-bond donors (Lipinski definition) is 0. The van der Waals surface area contributed by atoms with Crippen LogP contribution in [0.1, 0.15) is 96.3 Å². The molecule has 302 valence electrons. The molecule has 0 aliphatic rings. The summed E-state index contributed by atoms with van der Waals surface area (Å²) < 4.78 is 43.1. The summed E-state index contributed by atoms with van der Waals surface area (Å²) in [7, 11) is 4.44. The second-order valence-corrected chi connectivity index (χ2v) is 25.3. The summed E-state index contributed by atoms with van der Waals surface area (Å²) in [5.74, 6) is 0. The van der Waals surface area contributed by atoms with Crippen LogP contribution in [0.5, 0.6) is 0 Å². The van der Waals surface area contributed by atoms with E-state index in [4.69, 9.17) is 31.0 Å². The lowest BCUT2D eigenvalue weighted by molar-refractivity contribution is 0.0423. The van der Waals surface area contributed by atoms with Crippen LogP contribution in [0.25, 0.3) is 0 Å². The Kier molecular flexibility index (Phi) is 22.0. The second-order valence-electron chi connectivity index (χ2n) is 14.7. The summed E-state index contributed by atoms with van der Waals surface area (Å²) in [5.41, 5.74) is -0.0168. The van der Waals surface area contributed by atoms with Crippen molar-refractivity contribution in [3.05, 3.63) is 91.0 Å². The van der Waals surface area contributed by atoms with E-state index in [1.54, 1.807) is 0 Å². The monoisotopic (exact) mass is 812 g/mol. The Morgan fingerprint density at radius 2 is 0.611 bits per heavy atom. The van der Waals surface area contributed by atoms with Gasteiger partial charge in [-0.05, 0) is 53.0 Å². The molecule has 0 aromatic heterocycles. The third-order valence-corrected chi connectivity index (χ3v) is 23.2. The molecule has 0 atom stereocenters. The van der Waals surface area contributed by atoms with Gasteiger partial charge in [-0.3, -0.25) is 0 Å². The third-order valence-electron chi connectivity index (χ3n) is 11.7. The fraction of sp³-hybridized carbons (Fsp3) is 0.581. The van der Waals surface area contributed by atoms with Gasteiger partial charge in [0.2, 0.25) is 0 Å². The first-order valence-corrected chi connectivity index (χ1v) is 27.3. The minimum absolute atomic E-state index is 0.0168. The smallest absolute Gasteiger partial charge is 0.371 e. The lowest BCUT2D eigenvalue weighted by Crippen LogP contribution is -2.52. The van der Waals surface area contributed by atoms with Gasteiger partial charge in [0.25, 0.3) is 0 Å². The van der Waals surface area contributed by atoms with Crippen molar-refractivity contribution in [1.29, 1.82) is 0 Å². The molecule has 0 spiro atoms. The van der Waals surface area contributed by atoms with E-state index in [1.165, 1.54) is 73.3 Å². The molecule has 3 aromatic rings. The molecule has 0 bridgehead atoms. The van der Waals surface area contributed by atoms with E-state index in [9.17, 15) is 0 Å². The summed E-state index contributed by atoms with van der Waals surface area (Å²) in [6, 6.07) is 34.5. The van der Waals surface area contributed by atoms with Crippen molar-refractivity contribution in [3.63, 3.8) is 0 Å². The van der Waals surface area contributed by atoms with Gasteiger partial charge in [0.1, 0.15) is 10.5 Å². The molecule has 0 aliphatic heterocycles. The van der Waals surface area contributed by atoms with E-state index < -0.39 is 25.7 Å². The number of benzene rings is 3. The van der Waals surface area contributed by atoms with Crippen LogP contribution >= 0.6 is 0 Å². The Hall–Kier alpha value is -1.75. The van der Waals surface area contributed by atoms with E-state index in [2.05, 4.69) is 91.0 Å². The number of rotatable bonds is 31. The van der Waals surface area contributed by atoms with Gasteiger partial charge in [0.05, 0.1) is 5.60 Å². The molecule has 0 fully saturated rings. The van der Waals surface area contributed by atoms with Gasteiger partial charge in [-0.15, -0.1) is 0 Å². The molecule has 0 radical (unpaired) electrons. The van der Waals surface area contributed by atoms with Crippen LogP contribution < -0.4 is 15.6 Å². The van der Waals surface area contributed by atoms with Gasteiger partial charge in [-0.2, -0.15) is 0 Å². The first kappa shape index (κ1) is 46.6. The van der Waals surface area contributed by atoms with Crippen molar-refractivity contribution < 1.29 is 31.0 Å². The Balaban J connectivity index is 1.53. The fourth-order valence-electron chi connectivity index (χ4n) is 8.24. The molecular weight excluding hydrogens is 741 g/mol. The predicted octanol–water partition coefficient (Wildman–Crippen LogP) is 7.80. The minimum Gasteiger partial charge on any atom is -0.422 e. The molecule has 0 saturated carbocycles. The number of unbranched alkanes of at least 4 members (excludes halogenated alkanes) is 9. The van der Waals surface area contributed by atoms with Crippen LogP contribution in [0.2, 0.25) is 18.1 Å². The molecule has 0 N–H and O–H groups in total. The highest BCUT2D eigenvalue weighted by atomic mass is 28.4. The average molecular weight is 813 g/mol. The van der Waals surface area contributed by atoms with Gasteiger partial charge in [0.15, 0.2) is 0 Å². The zero-order valence-electron chi connectivity index (χ0n) is 34.7. The summed E-state index contributed by atoms with van der Waals surface area (Å²) in [4.78, 5) is 0. The maximum atomic E-state index is 6.64. The van der Waals surface area contributed by atoms with Crippen LogP contribution in [0.3, 0.4) is 0 Å². The van der Waals surface area contributed by atoms with Crippen LogP contribution in [0.15, 0.2) is 91.0 Å². The first-order chi connectivity index (χ1) is 26.4. The van der Waals surface area contributed by atoms with Gasteiger partial charge < -0.3 is 31.0 Å². The van der Waals surface area contributed by atoms with Crippen LogP contribution in [0, 0.1) is 0 Å². The molecule has 54 heavy (non-hydrogen) atoms. The SMILES string of the molecule is CO[Si](CCCCCCC(CCCCCC[Si](OC)(OC)c1ccccc1)(CCCCCC[Si](OC)(OC)c1ccccc1)O[SiH3])(OC)c1ccccc1. The topological polar surface area (TPSA) is 64.6 Å². The Labute approximate surface area is 335 Å². The van der Waals surface area contributed by atoms with Gasteiger partial charge >= 0.3 is 25.7 Å². The van der Waals surface area contributed by atoms with Crippen LogP contribution in [0.4, 0.5) is 0 Å². The van der Waals surface area contributed by atoms with Crippen molar-refractivity contribution in [2.75, 3.05) is 42.7 Å². The van der Waals surface area contributed by atoms with E-state index in [0.29, 0.717) is 0 Å². The molecule has 3 aromatic carbocycles. The fourth-order valence-corrected chi connectivity index (χ4v) is 17.1. The summed E-state index contributed by atoms with van der Waals surface area (Å²) in [5, 5.41) is 3.65. The van der Waals surface area contributed by atoms with Gasteiger partial charge in [-0.1, -0.05) is 168 Å². The van der Waals surface area contributed by atoms with E-state index in [0.717, 1.165) is 67.1 Å². The van der Waals surface area contributed by atoms with Crippen molar-refractivity contribution in [3.8, 4) is 0 Å². The summed E-state index contributed by atoms with van der Waals surface area (Å²) in [6.45, 7) is 0. The third kappa shape index (κ3) is 13.7. The Bertz CT molecular complexity index is 1190. The van der Waals surface area contributed by atoms with Crippen LogP contribution in [-0.4, -0.2) is 84.4 Å². The highest BCUT2D eigenvalue weighted by molar-refractivity contribution is 6.82. The quantitative estimate of drug-likeness (QED) is 0.0486. The molecule has 0 amide bonds. The minimum atomic E-state index is -2.40. The predicted molar refractivity (Wildman–Crippen MR) is 235 cm³/mol. The maximum absolute atomic E-state index is 6.64. The average Bonchev–Trinajstić information content (AvgIpc) is 3.24. The highest BCUT2D eigenvalue weighted by Gasteiger charge is 2.39. The van der Waals surface area contributed by atoms with Gasteiger partial charge in [0, 0.05) is 42.7 Å². The van der Waals surface area contributed by atoms with Crippen molar-refractivity contribution in [2.45, 2.75) is 120 Å². The zero-order chi connectivity index (χ0) is 39.0. The lowest BCUT2D eigenvalue weighted by atomic mass is 9.85. The Morgan fingerprint density at radius 1 is 0.370 bits per heavy atom. The highest BCUT2D eigenvalue weighted by Crippen LogP contribution is 2.33. The molecule has 0 unspecified atom stereocenters. The Morgan fingerprint density at radius 3 is 0.833 bits per heavy atom. The van der Waals surface area contributed by atoms with E-state index in [1.807, 2.05) is 42.7 Å². The first-order valence-electron chi connectivity index (χ1n) is 20.4. The normalized spacial score (nSPS) is 12.8. The molecule has 7 nitrogen and oxygen atoms in total. The molecule has 3 rings (SSSR count). The largest absolute Gasteiger partial charge is 0.422 e. The molecule has 11 heteroatoms. The standard InChI is InChI=1S/C43H72O7Si4/c1-44-52(45-2,40-28-16-13-17-29-40)37-25-10-7-22-34-43(50-51,35-23-8-11-26-38-53(46-3,47-4)41-30-18-14-19-31-41)36-24-9-12-27-39-54(48-5,49-6)42-32-20-15-21-33-42/h13-21,28-33H,7-12,22-27,34-39H2,1-6,51H3. The molecule has 0 saturated heterocycles. The van der Waals surface area contributed by atoms with E-state index in [-0.39, 0.29) is 5.60 Å².